The molecule has 1 atom stereocenters. The fraction of sp³-hybridized carbons (Fsp3) is 0.833. The van der Waals surface area contributed by atoms with Crippen molar-refractivity contribution in [1.82, 2.24) is 5.32 Å². The van der Waals surface area contributed by atoms with Crippen LogP contribution in [0.4, 0.5) is 4.79 Å². The van der Waals surface area contributed by atoms with E-state index in [-0.39, 0.29) is 17.7 Å². The molecule has 1 amide bonds. The molecule has 0 aromatic carbocycles. The Labute approximate surface area is 53.4 Å². The van der Waals surface area contributed by atoms with Crippen molar-refractivity contribution in [3.05, 3.63) is 0 Å². The van der Waals surface area contributed by atoms with Gasteiger partial charge in [-0.2, -0.15) is 0 Å². The summed E-state index contributed by atoms with van der Waals surface area (Å²) in [5, 5.41) is 2.71. The minimum absolute atomic E-state index is 0.0862. The summed E-state index contributed by atoms with van der Waals surface area (Å²) in [6, 6.07) is 0.227. The van der Waals surface area contributed by atoms with Gasteiger partial charge < -0.3 is 10.1 Å². The van der Waals surface area contributed by atoms with Gasteiger partial charge in [0.2, 0.25) is 0 Å². The molecule has 3 heteroatoms. The van der Waals surface area contributed by atoms with E-state index in [2.05, 4.69) is 5.32 Å². The number of rotatable bonds is 0. The number of ether oxygens (including phenoxy) is 1. The van der Waals surface area contributed by atoms with Gasteiger partial charge in [-0.15, -0.1) is 0 Å². The highest BCUT2D eigenvalue weighted by Gasteiger charge is 2.56. The topological polar surface area (TPSA) is 38.3 Å². The largest absolute Gasteiger partial charge is 0.441 e. The van der Waals surface area contributed by atoms with E-state index in [4.69, 9.17) is 4.74 Å². The third kappa shape index (κ3) is 0.544. The molecule has 0 radical (unpaired) electrons. The van der Waals surface area contributed by atoms with Gasteiger partial charge in [-0.1, -0.05) is 0 Å². The fourth-order valence-corrected chi connectivity index (χ4v) is 1.27. The standard InChI is InChI=1S/C6H9NO2/c1-4-6(2-3-6)9-5(8)7-4/h4H,2-3H2,1H3,(H,7,8)/t4-/m0/s1. The smallest absolute Gasteiger partial charge is 0.408 e. The molecule has 2 aliphatic rings. The van der Waals surface area contributed by atoms with Gasteiger partial charge in [0.15, 0.2) is 0 Å². The fourth-order valence-electron chi connectivity index (χ4n) is 1.27. The summed E-state index contributed by atoms with van der Waals surface area (Å²) in [7, 11) is 0. The predicted octanol–water partition coefficient (Wildman–Crippen LogP) is 0.647. The maximum atomic E-state index is 10.6. The lowest BCUT2D eigenvalue weighted by Crippen LogP contribution is -2.28. The van der Waals surface area contributed by atoms with Crippen LogP contribution in [0.1, 0.15) is 19.8 Å². The molecule has 0 bridgehead atoms. The lowest BCUT2D eigenvalue weighted by molar-refractivity contribution is 0.119. The van der Waals surface area contributed by atoms with Crippen LogP contribution in [-0.2, 0) is 4.74 Å². The van der Waals surface area contributed by atoms with Gasteiger partial charge in [0.25, 0.3) is 0 Å². The summed E-state index contributed by atoms with van der Waals surface area (Å²) >= 11 is 0. The van der Waals surface area contributed by atoms with Crippen molar-refractivity contribution in [3.8, 4) is 0 Å². The Kier molecular flexibility index (Phi) is 0.693. The van der Waals surface area contributed by atoms with Gasteiger partial charge >= 0.3 is 6.09 Å². The molecule has 50 valence electrons. The summed E-state index contributed by atoms with van der Waals surface area (Å²) in [6.07, 6.45) is 1.82. The molecule has 1 aliphatic carbocycles. The summed E-state index contributed by atoms with van der Waals surface area (Å²) in [5.74, 6) is 0. The van der Waals surface area contributed by atoms with Crippen LogP contribution in [-0.4, -0.2) is 17.7 Å². The predicted molar refractivity (Wildman–Crippen MR) is 31.0 cm³/mol. The second-order valence-electron chi connectivity index (χ2n) is 2.82. The Bertz CT molecular complexity index is 162. The van der Waals surface area contributed by atoms with Crippen molar-refractivity contribution in [1.29, 1.82) is 0 Å². The van der Waals surface area contributed by atoms with E-state index in [0.29, 0.717) is 0 Å². The molecule has 0 unspecified atom stereocenters. The number of amides is 1. The van der Waals surface area contributed by atoms with Crippen molar-refractivity contribution in [3.63, 3.8) is 0 Å². The van der Waals surface area contributed by atoms with Crippen LogP contribution in [0.5, 0.6) is 0 Å². The van der Waals surface area contributed by atoms with Gasteiger partial charge in [0, 0.05) is 0 Å². The molecule has 9 heavy (non-hydrogen) atoms. The average Bonchev–Trinajstić information content (AvgIpc) is 2.42. The number of alkyl carbamates (subject to hydrolysis) is 1. The van der Waals surface area contributed by atoms with E-state index in [0.717, 1.165) is 12.8 Å². The van der Waals surface area contributed by atoms with Crippen molar-refractivity contribution in [2.75, 3.05) is 0 Å². The van der Waals surface area contributed by atoms with E-state index in [1.807, 2.05) is 6.92 Å². The molecule has 0 aromatic heterocycles. The lowest BCUT2D eigenvalue weighted by atomic mass is 10.2. The van der Waals surface area contributed by atoms with Crippen LogP contribution in [0.25, 0.3) is 0 Å². The molecule has 3 nitrogen and oxygen atoms in total. The van der Waals surface area contributed by atoms with Crippen LogP contribution < -0.4 is 5.32 Å². The number of hydrogen-bond acceptors (Lipinski definition) is 2. The summed E-state index contributed by atoms with van der Waals surface area (Å²) < 4.78 is 5.02. The maximum Gasteiger partial charge on any atom is 0.408 e. The van der Waals surface area contributed by atoms with Gasteiger partial charge in [-0.3, -0.25) is 0 Å². The van der Waals surface area contributed by atoms with E-state index in [1.165, 1.54) is 0 Å². The minimum atomic E-state index is -0.250. The molecular formula is C6H9NO2. The molecule has 2 fully saturated rings. The molecule has 1 aliphatic heterocycles. The van der Waals surface area contributed by atoms with E-state index in [1.54, 1.807) is 0 Å². The molecule has 1 saturated heterocycles. The van der Waals surface area contributed by atoms with Gasteiger partial charge in [0.05, 0.1) is 6.04 Å². The molecule has 2 rings (SSSR count). The number of nitrogens with one attached hydrogen (secondary N) is 1. The maximum absolute atomic E-state index is 10.6. The molecule has 1 N–H and O–H groups in total. The Balaban J connectivity index is 2.19. The zero-order valence-electron chi connectivity index (χ0n) is 5.31. The van der Waals surface area contributed by atoms with E-state index in [9.17, 15) is 4.79 Å². The summed E-state index contributed by atoms with van der Waals surface area (Å²) in [5.41, 5.74) is -0.0862. The highest BCUT2D eigenvalue weighted by molar-refractivity contribution is 5.71. The lowest BCUT2D eigenvalue weighted by Gasteiger charge is -2.07. The Hall–Kier alpha value is -0.730. The first-order valence-electron chi connectivity index (χ1n) is 3.22. The third-order valence-corrected chi connectivity index (χ3v) is 2.16. The molecule has 0 aromatic rings. The SMILES string of the molecule is C[C@@H]1NC(=O)OC12CC2. The van der Waals surface area contributed by atoms with Crippen LogP contribution in [0.3, 0.4) is 0 Å². The van der Waals surface area contributed by atoms with Gasteiger partial charge in [0.1, 0.15) is 5.60 Å². The highest BCUT2D eigenvalue weighted by atomic mass is 16.6. The third-order valence-electron chi connectivity index (χ3n) is 2.16. The Morgan fingerprint density at radius 3 is 2.67 bits per heavy atom. The van der Waals surface area contributed by atoms with Crippen molar-refractivity contribution >= 4 is 6.09 Å². The Morgan fingerprint density at radius 2 is 2.44 bits per heavy atom. The normalized spacial score (nSPS) is 36.1. The highest BCUT2D eigenvalue weighted by Crippen LogP contribution is 2.45. The number of hydrogen-bond donors (Lipinski definition) is 1. The van der Waals surface area contributed by atoms with E-state index >= 15 is 0 Å². The first-order chi connectivity index (χ1) is 4.23. The quantitative estimate of drug-likeness (QED) is 0.518. The summed E-state index contributed by atoms with van der Waals surface area (Å²) in [6.45, 7) is 1.98. The van der Waals surface area contributed by atoms with Gasteiger partial charge in [-0.05, 0) is 19.8 Å². The van der Waals surface area contributed by atoms with Crippen molar-refractivity contribution in [2.45, 2.75) is 31.4 Å². The van der Waals surface area contributed by atoms with Crippen LogP contribution >= 0.6 is 0 Å². The van der Waals surface area contributed by atoms with Crippen LogP contribution in [0, 0.1) is 0 Å². The zero-order valence-corrected chi connectivity index (χ0v) is 5.31. The first kappa shape index (κ1) is 5.09. The molecule has 1 saturated carbocycles. The van der Waals surface area contributed by atoms with Crippen LogP contribution in [0.2, 0.25) is 0 Å². The zero-order chi connectivity index (χ0) is 6.48. The average molecular weight is 127 g/mol. The second-order valence-corrected chi connectivity index (χ2v) is 2.82. The molecular weight excluding hydrogens is 118 g/mol. The minimum Gasteiger partial charge on any atom is -0.441 e. The molecule has 1 heterocycles. The van der Waals surface area contributed by atoms with Crippen molar-refractivity contribution in [2.24, 2.45) is 0 Å². The second kappa shape index (κ2) is 1.23. The number of carbonyl (C=O) groups excluding carboxylic acids is 1. The van der Waals surface area contributed by atoms with Gasteiger partial charge in [-0.25, -0.2) is 4.79 Å². The number of carbonyl (C=O) groups is 1. The van der Waals surface area contributed by atoms with E-state index < -0.39 is 0 Å². The first-order valence-corrected chi connectivity index (χ1v) is 3.22. The van der Waals surface area contributed by atoms with Crippen LogP contribution in [0.15, 0.2) is 0 Å². The molecule has 1 spiro atoms. The summed E-state index contributed by atoms with van der Waals surface area (Å²) in [4.78, 5) is 10.6. The Morgan fingerprint density at radius 1 is 1.78 bits per heavy atom. The van der Waals surface area contributed by atoms with Crippen molar-refractivity contribution < 1.29 is 9.53 Å². The monoisotopic (exact) mass is 127 g/mol.